The molecule has 1 aromatic heterocycles. The summed E-state index contributed by atoms with van der Waals surface area (Å²) in [5, 5.41) is 3.24. The average Bonchev–Trinajstić information content (AvgIpc) is 2.62. The molecule has 0 aliphatic heterocycles. The monoisotopic (exact) mass is 195 g/mol. The summed E-state index contributed by atoms with van der Waals surface area (Å²) in [6.07, 6.45) is 6.64. The number of thiazole rings is 1. The molecule has 70 valence electrons. The second kappa shape index (κ2) is 4.01. The van der Waals surface area contributed by atoms with Gasteiger partial charge in [0.2, 0.25) is 0 Å². The first-order valence-electron chi connectivity index (χ1n) is 4.74. The minimum Gasteiger partial charge on any atom is -0.300 e. The van der Waals surface area contributed by atoms with Gasteiger partial charge in [0.25, 0.3) is 0 Å². The van der Waals surface area contributed by atoms with E-state index in [9.17, 15) is 4.79 Å². The van der Waals surface area contributed by atoms with Crippen molar-refractivity contribution >= 4 is 17.1 Å². The Hall–Kier alpha value is -0.700. The molecule has 0 radical (unpaired) electrons. The number of hydrogen-bond acceptors (Lipinski definition) is 3. The van der Waals surface area contributed by atoms with Crippen LogP contribution in [0.2, 0.25) is 0 Å². The van der Waals surface area contributed by atoms with Gasteiger partial charge >= 0.3 is 0 Å². The zero-order chi connectivity index (χ0) is 9.10. The molecule has 0 N–H and O–H groups in total. The maximum Gasteiger partial charge on any atom is 0.132 e. The summed E-state index contributed by atoms with van der Waals surface area (Å²) < 4.78 is 0. The van der Waals surface area contributed by atoms with Crippen molar-refractivity contribution in [2.45, 2.75) is 32.1 Å². The molecule has 1 saturated carbocycles. The molecule has 0 bridgehead atoms. The lowest BCUT2D eigenvalue weighted by molar-refractivity contribution is -0.120. The van der Waals surface area contributed by atoms with Crippen LogP contribution in [0.25, 0.3) is 0 Å². The number of ketones is 1. The van der Waals surface area contributed by atoms with Gasteiger partial charge in [-0.25, -0.2) is 4.98 Å². The zero-order valence-corrected chi connectivity index (χ0v) is 8.35. The van der Waals surface area contributed by atoms with Gasteiger partial charge in [-0.05, 0) is 18.8 Å². The zero-order valence-electron chi connectivity index (χ0n) is 7.53. The van der Waals surface area contributed by atoms with Gasteiger partial charge < -0.3 is 0 Å². The van der Waals surface area contributed by atoms with Gasteiger partial charge in [-0.2, -0.15) is 0 Å². The first-order chi connectivity index (χ1) is 6.34. The molecular formula is C10H13NOS. The maximum atomic E-state index is 11.0. The number of hydrogen-bond donors (Lipinski definition) is 0. The number of Topliss-reactive ketones (excluding diaryl/α,β-unsaturated/α-hetero) is 1. The molecule has 13 heavy (non-hydrogen) atoms. The summed E-state index contributed by atoms with van der Waals surface area (Å²) in [6, 6.07) is 0. The average molecular weight is 195 g/mol. The summed E-state index contributed by atoms with van der Waals surface area (Å²) in [5.41, 5.74) is 0. The number of nitrogens with zero attached hydrogens (tertiary/aromatic N) is 1. The van der Waals surface area contributed by atoms with E-state index in [1.165, 1.54) is 5.01 Å². The second-order valence-electron chi connectivity index (χ2n) is 3.61. The van der Waals surface area contributed by atoms with E-state index in [0.717, 1.165) is 32.1 Å². The predicted octanol–water partition coefficient (Wildman–Crippen LogP) is 2.44. The molecule has 2 rings (SSSR count). The molecule has 0 atom stereocenters. The Labute approximate surface area is 82.0 Å². The van der Waals surface area contributed by atoms with Gasteiger partial charge in [0.15, 0.2) is 0 Å². The lowest BCUT2D eigenvalue weighted by atomic mass is 9.86. The van der Waals surface area contributed by atoms with Crippen LogP contribution in [-0.4, -0.2) is 10.8 Å². The molecule has 0 amide bonds. The van der Waals surface area contributed by atoms with Gasteiger partial charge in [-0.15, -0.1) is 11.3 Å². The molecule has 3 heteroatoms. The van der Waals surface area contributed by atoms with Crippen LogP contribution in [0.3, 0.4) is 0 Å². The topological polar surface area (TPSA) is 30.0 Å². The van der Waals surface area contributed by atoms with E-state index in [2.05, 4.69) is 4.98 Å². The smallest absolute Gasteiger partial charge is 0.132 e. The molecule has 0 aromatic carbocycles. The Morgan fingerprint density at radius 3 is 2.85 bits per heavy atom. The highest BCUT2D eigenvalue weighted by Gasteiger charge is 2.19. The SMILES string of the molecule is O=C1CCC(Cc2nccs2)CC1. The quantitative estimate of drug-likeness (QED) is 0.725. The molecule has 1 fully saturated rings. The van der Waals surface area contributed by atoms with Crippen molar-refractivity contribution in [3.8, 4) is 0 Å². The highest BCUT2D eigenvalue weighted by atomic mass is 32.1. The van der Waals surface area contributed by atoms with E-state index >= 15 is 0 Å². The van der Waals surface area contributed by atoms with Crippen molar-refractivity contribution in [2.75, 3.05) is 0 Å². The lowest BCUT2D eigenvalue weighted by Gasteiger charge is -2.19. The van der Waals surface area contributed by atoms with Crippen molar-refractivity contribution in [1.29, 1.82) is 0 Å². The second-order valence-corrected chi connectivity index (χ2v) is 4.59. The third-order valence-corrected chi connectivity index (χ3v) is 3.41. The van der Waals surface area contributed by atoms with Gasteiger partial charge in [-0.1, -0.05) is 0 Å². The summed E-state index contributed by atoms with van der Waals surface area (Å²) in [6.45, 7) is 0. The molecule has 0 saturated heterocycles. The fraction of sp³-hybridized carbons (Fsp3) is 0.600. The first kappa shape index (κ1) is 8.88. The molecule has 1 aliphatic rings. The third-order valence-electron chi connectivity index (χ3n) is 2.61. The lowest BCUT2D eigenvalue weighted by Crippen LogP contribution is -2.15. The fourth-order valence-electron chi connectivity index (χ4n) is 1.80. The van der Waals surface area contributed by atoms with Gasteiger partial charge in [0.05, 0.1) is 5.01 Å². The van der Waals surface area contributed by atoms with Gasteiger partial charge in [0.1, 0.15) is 5.78 Å². The number of carbonyl (C=O) groups is 1. The molecule has 1 aliphatic carbocycles. The fourth-order valence-corrected chi connectivity index (χ4v) is 2.54. The Balaban J connectivity index is 1.86. The van der Waals surface area contributed by atoms with Gasteiger partial charge in [0, 0.05) is 30.8 Å². The minimum absolute atomic E-state index is 0.440. The van der Waals surface area contributed by atoms with Crippen LogP contribution in [0, 0.1) is 5.92 Å². The largest absolute Gasteiger partial charge is 0.300 e. The van der Waals surface area contributed by atoms with E-state index in [0.29, 0.717) is 11.7 Å². The summed E-state index contributed by atoms with van der Waals surface area (Å²) in [7, 11) is 0. The van der Waals surface area contributed by atoms with E-state index < -0.39 is 0 Å². The standard InChI is InChI=1S/C10H13NOS/c12-9-3-1-8(2-4-9)7-10-11-5-6-13-10/h5-6,8H,1-4,7H2. The molecule has 2 nitrogen and oxygen atoms in total. The number of carbonyl (C=O) groups excluding carboxylic acids is 1. The maximum absolute atomic E-state index is 11.0. The van der Waals surface area contributed by atoms with Crippen LogP contribution < -0.4 is 0 Å². The van der Waals surface area contributed by atoms with Crippen molar-refractivity contribution in [3.05, 3.63) is 16.6 Å². The van der Waals surface area contributed by atoms with Crippen molar-refractivity contribution in [2.24, 2.45) is 5.92 Å². The number of aromatic nitrogens is 1. The van der Waals surface area contributed by atoms with Crippen LogP contribution >= 0.6 is 11.3 Å². The van der Waals surface area contributed by atoms with Crippen molar-refractivity contribution in [3.63, 3.8) is 0 Å². The third kappa shape index (κ3) is 2.37. The molecular weight excluding hydrogens is 182 g/mol. The molecule has 1 heterocycles. The van der Waals surface area contributed by atoms with Crippen LogP contribution in [0.4, 0.5) is 0 Å². The van der Waals surface area contributed by atoms with Crippen LogP contribution in [-0.2, 0) is 11.2 Å². The Morgan fingerprint density at radius 2 is 2.23 bits per heavy atom. The van der Waals surface area contributed by atoms with Gasteiger partial charge in [-0.3, -0.25) is 4.79 Å². The van der Waals surface area contributed by atoms with Crippen LogP contribution in [0.5, 0.6) is 0 Å². The number of rotatable bonds is 2. The predicted molar refractivity (Wildman–Crippen MR) is 52.8 cm³/mol. The van der Waals surface area contributed by atoms with E-state index in [4.69, 9.17) is 0 Å². The van der Waals surface area contributed by atoms with Crippen molar-refractivity contribution in [1.82, 2.24) is 4.98 Å². The Kier molecular flexibility index (Phi) is 2.74. The van der Waals surface area contributed by atoms with E-state index in [1.807, 2.05) is 11.6 Å². The van der Waals surface area contributed by atoms with E-state index in [1.54, 1.807) is 11.3 Å². The van der Waals surface area contributed by atoms with E-state index in [-0.39, 0.29) is 0 Å². The van der Waals surface area contributed by atoms with Crippen LogP contribution in [0.15, 0.2) is 11.6 Å². The Bertz CT molecular complexity index is 271. The Morgan fingerprint density at radius 1 is 1.46 bits per heavy atom. The molecule has 0 spiro atoms. The molecule has 1 aromatic rings. The summed E-state index contributed by atoms with van der Waals surface area (Å²) >= 11 is 1.72. The summed E-state index contributed by atoms with van der Waals surface area (Å²) in [4.78, 5) is 15.3. The minimum atomic E-state index is 0.440. The summed E-state index contributed by atoms with van der Waals surface area (Å²) in [5.74, 6) is 1.14. The highest BCUT2D eigenvalue weighted by molar-refractivity contribution is 7.09. The first-order valence-corrected chi connectivity index (χ1v) is 5.62. The molecule has 0 unspecified atom stereocenters. The van der Waals surface area contributed by atoms with Crippen molar-refractivity contribution < 1.29 is 4.79 Å². The normalized spacial score (nSPS) is 19.2. The van der Waals surface area contributed by atoms with Crippen LogP contribution in [0.1, 0.15) is 30.7 Å². The highest BCUT2D eigenvalue weighted by Crippen LogP contribution is 2.25.